The second-order valence-corrected chi connectivity index (χ2v) is 4.67. The average molecular weight is 229 g/mol. The molecule has 0 fully saturated rings. The van der Waals surface area contributed by atoms with E-state index in [0.717, 1.165) is 36.4 Å². The van der Waals surface area contributed by atoms with Gasteiger partial charge in [0.25, 0.3) is 0 Å². The zero-order valence-electron chi connectivity index (χ0n) is 9.58. The SMILES string of the molecule is Cc1nc(SCCNCCN(C)C)n[nH]1. The highest BCUT2D eigenvalue weighted by molar-refractivity contribution is 7.99. The normalized spacial score (nSPS) is 11.2. The van der Waals surface area contributed by atoms with E-state index in [2.05, 4.69) is 39.5 Å². The van der Waals surface area contributed by atoms with Crippen LogP contribution in [0.1, 0.15) is 5.82 Å². The van der Waals surface area contributed by atoms with Gasteiger partial charge in [-0.1, -0.05) is 11.8 Å². The summed E-state index contributed by atoms with van der Waals surface area (Å²) in [5, 5.41) is 11.1. The van der Waals surface area contributed by atoms with Gasteiger partial charge in [-0.05, 0) is 21.0 Å². The molecule has 0 aliphatic heterocycles. The minimum Gasteiger partial charge on any atom is -0.315 e. The van der Waals surface area contributed by atoms with Crippen LogP contribution in [0, 0.1) is 6.92 Å². The largest absolute Gasteiger partial charge is 0.315 e. The van der Waals surface area contributed by atoms with Crippen molar-refractivity contribution < 1.29 is 0 Å². The number of rotatable bonds is 7. The summed E-state index contributed by atoms with van der Waals surface area (Å²) in [4.78, 5) is 6.38. The Morgan fingerprint density at radius 3 is 2.80 bits per heavy atom. The van der Waals surface area contributed by atoms with Crippen LogP contribution in [0.3, 0.4) is 0 Å². The average Bonchev–Trinajstić information content (AvgIpc) is 2.57. The molecule has 1 aromatic heterocycles. The third-order valence-corrected chi connectivity index (χ3v) is 2.67. The Labute approximate surface area is 95.0 Å². The molecule has 15 heavy (non-hydrogen) atoms. The number of thioether (sulfide) groups is 1. The molecule has 0 atom stereocenters. The van der Waals surface area contributed by atoms with Crippen molar-refractivity contribution >= 4 is 11.8 Å². The maximum atomic E-state index is 4.22. The number of aromatic amines is 1. The molecule has 1 rings (SSSR count). The molecule has 0 radical (unpaired) electrons. The van der Waals surface area contributed by atoms with Crippen molar-refractivity contribution in [3.8, 4) is 0 Å². The van der Waals surface area contributed by atoms with Crippen LogP contribution in [-0.2, 0) is 0 Å². The third-order valence-electron chi connectivity index (χ3n) is 1.82. The van der Waals surface area contributed by atoms with Crippen molar-refractivity contribution in [3.05, 3.63) is 5.82 Å². The van der Waals surface area contributed by atoms with Gasteiger partial charge in [-0.25, -0.2) is 4.98 Å². The van der Waals surface area contributed by atoms with Crippen LogP contribution in [0.15, 0.2) is 5.16 Å². The van der Waals surface area contributed by atoms with E-state index >= 15 is 0 Å². The van der Waals surface area contributed by atoms with Gasteiger partial charge in [0.15, 0.2) is 0 Å². The van der Waals surface area contributed by atoms with Crippen LogP contribution in [0.4, 0.5) is 0 Å². The Balaban J connectivity index is 1.98. The van der Waals surface area contributed by atoms with Gasteiger partial charge in [0.05, 0.1) is 0 Å². The number of likely N-dealkylation sites (N-methyl/N-ethyl adjacent to an activating group) is 1. The molecule has 0 aliphatic carbocycles. The van der Waals surface area contributed by atoms with Crippen LogP contribution in [0.2, 0.25) is 0 Å². The lowest BCUT2D eigenvalue weighted by molar-refractivity contribution is 0.403. The fourth-order valence-corrected chi connectivity index (χ4v) is 1.77. The van der Waals surface area contributed by atoms with Gasteiger partial charge in [-0.2, -0.15) is 0 Å². The summed E-state index contributed by atoms with van der Waals surface area (Å²) in [7, 11) is 4.15. The lowest BCUT2D eigenvalue weighted by Gasteiger charge is -2.09. The minimum atomic E-state index is 0.835. The number of hydrogen-bond acceptors (Lipinski definition) is 5. The second kappa shape index (κ2) is 6.81. The Kier molecular flexibility index (Phi) is 5.67. The first kappa shape index (κ1) is 12.5. The lowest BCUT2D eigenvalue weighted by atomic mass is 10.5. The molecule has 5 nitrogen and oxygen atoms in total. The topological polar surface area (TPSA) is 56.8 Å². The minimum absolute atomic E-state index is 0.835. The number of H-pyrrole nitrogens is 1. The fourth-order valence-electron chi connectivity index (χ4n) is 1.03. The summed E-state index contributed by atoms with van der Waals surface area (Å²) in [5.41, 5.74) is 0. The van der Waals surface area contributed by atoms with Gasteiger partial charge in [0, 0.05) is 25.4 Å². The van der Waals surface area contributed by atoms with E-state index in [4.69, 9.17) is 0 Å². The third kappa shape index (κ3) is 5.76. The molecule has 6 heteroatoms. The van der Waals surface area contributed by atoms with E-state index in [9.17, 15) is 0 Å². The summed E-state index contributed by atoms with van der Waals surface area (Å²) in [6, 6.07) is 0. The predicted octanol–water partition coefficient (Wildman–Crippen LogP) is 0.356. The maximum Gasteiger partial charge on any atom is 0.208 e. The Morgan fingerprint density at radius 1 is 1.40 bits per heavy atom. The molecule has 0 spiro atoms. The van der Waals surface area contributed by atoms with Crippen LogP contribution in [0.5, 0.6) is 0 Å². The number of nitrogens with one attached hydrogen (secondary N) is 2. The van der Waals surface area contributed by atoms with Crippen molar-refractivity contribution in [3.63, 3.8) is 0 Å². The van der Waals surface area contributed by atoms with Crippen LogP contribution < -0.4 is 5.32 Å². The number of nitrogens with zero attached hydrogens (tertiary/aromatic N) is 3. The molecular weight excluding hydrogens is 210 g/mol. The predicted molar refractivity (Wildman–Crippen MR) is 63.3 cm³/mol. The van der Waals surface area contributed by atoms with E-state index in [1.807, 2.05) is 6.92 Å². The number of aryl methyl sites for hydroxylation is 1. The fraction of sp³-hybridized carbons (Fsp3) is 0.778. The highest BCUT2D eigenvalue weighted by Crippen LogP contribution is 2.10. The van der Waals surface area contributed by atoms with Gasteiger partial charge in [0.2, 0.25) is 5.16 Å². The van der Waals surface area contributed by atoms with Crippen LogP contribution >= 0.6 is 11.8 Å². The maximum absolute atomic E-state index is 4.22. The van der Waals surface area contributed by atoms with Crippen molar-refractivity contribution in [2.75, 3.05) is 39.5 Å². The van der Waals surface area contributed by atoms with E-state index in [1.165, 1.54) is 0 Å². The molecule has 0 unspecified atom stereocenters. The van der Waals surface area contributed by atoms with Crippen molar-refractivity contribution in [2.24, 2.45) is 0 Å². The standard InChI is InChI=1S/C9H19N5S/c1-8-11-9(13-12-8)15-7-5-10-4-6-14(2)3/h10H,4-7H2,1-3H3,(H,11,12,13). The monoisotopic (exact) mass is 229 g/mol. The number of aromatic nitrogens is 3. The summed E-state index contributed by atoms with van der Waals surface area (Å²) < 4.78 is 0. The summed E-state index contributed by atoms with van der Waals surface area (Å²) in [6.07, 6.45) is 0. The zero-order chi connectivity index (χ0) is 11.1. The molecule has 86 valence electrons. The first-order chi connectivity index (χ1) is 7.18. The van der Waals surface area contributed by atoms with Crippen molar-refractivity contribution in [1.82, 2.24) is 25.4 Å². The van der Waals surface area contributed by atoms with E-state index in [-0.39, 0.29) is 0 Å². The van der Waals surface area contributed by atoms with Gasteiger partial charge < -0.3 is 10.2 Å². The first-order valence-electron chi connectivity index (χ1n) is 5.05. The van der Waals surface area contributed by atoms with E-state index in [1.54, 1.807) is 11.8 Å². The smallest absolute Gasteiger partial charge is 0.208 e. The van der Waals surface area contributed by atoms with E-state index < -0.39 is 0 Å². The van der Waals surface area contributed by atoms with Crippen molar-refractivity contribution in [1.29, 1.82) is 0 Å². The summed E-state index contributed by atoms with van der Waals surface area (Å²) >= 11 is 1.67. The summed E-state index contributed by atoms with van der Waals surface area (Å²) in [6.45, 7) is 5.00. The lowest BCUT2D eigenvalue weighted by Crippen LogP contribution is -2.27. The molecule has 1 aromatic rings. The molecule has 0 aliphatic rings. The molecule has 0 amide bonds. The second-order valence-electron chi connectivity index (χ2n) is 3.61. The molecule has 0 saturated heterocycles. The van der Waals surface area contributed by atoms with Gasteiger partial charge in [0.1, 0.15) is 5.82 Å². The quantitative estimate of drug-likeness (QED) is 0.522. The Bertz CT molecular complexity index is 273. The Hall–Kier alpha value is -0.590. The van der Waals surface area contributed by atoms with Gasteiger partial charge in [-0.15, -0.1) is 5.10 Å². The molecule has 1 heterocycles. The van der Waals surface area contributed by atoms with Gasteiger partial charge >= 0.3 is 0 Å². The van der Waals surface area contributed by atoms with Crippen LogP contribution in [0.25, 0.3) is 0 Å². The van der Waals surface area contributed by atoms with E-state index in [0.29, 0.717) is 0 Å². The molecule has 0 bridgehead atoms. The highest BCUT2D eigenvalue weighted by atomic mass is 32.2. The zero-order valence-corrected chi connectivity index (χ0v) is 10.4. The number of hydrogen-bond donors (Lipinski definition) is 2. The molecular formula is C9H19N5S. The molecule has 2 N–H and O–H groups in total. The summed E-state index contributed by atoms with van der Waals surface area (Å²) in [5.74, 6) is 1.88. The van der Waals surface area contributed by atoms with Crippen LogP contribution in [-0.4, -0.2) is 59.6 Å². The highest BCUT2D eigenvalue weighted by Gasteiger charge is 1.99. The van der Waals surface area contributed by atoms with Gasteiger partial charge in [-0.3, -0.25) is 5.10 Å². The van der Waals surface area contributed by atoms with Crippen molar-refractivity contribution in [2.45, 2.75) is 12.1 Å². The first-order valence-corrected chi connectivity index (χ1v) is 6.04. The molecule has 0 saturated carbocycles. The molecule has 0 aromatic carbocycles. The Morgan fingerprint density at radius 2 is 2.20 bits per heavy atom.